The third-order valence-corrected chi connectivity index (χ3v) is 4.27. The summed E-state index contributed by atoms with van der Waals surface area (Å²) >= 11 is 0. The molecule has 0 aliphatic rings. The minimum Gasteiger partial charge on any atom is -0.384 e. The highest BCUT2D eigenvalue weighted by molar-refractivity contribution is 7.90. The molecule has 0 spiro atoms. The van der Waals surface area contributed by atoms with Gasteiger partial charge < -0.3 is 5.73 Å². The molecule has 0 fully saturated rings. The Balaban J connectivity index is 3.40. The lowest BCUT2D eigenvalue weighted by Gasteiger charge is -2.11. The first-order valence-electron chi connectivity index (χ1n) is 5.17. The van der Waals surface area contributed by atoms with E-state index in [1.807, 2.05) is 13.8 Å². The zero-order valence-electron chi connectivity index (χ0n) is 10.4. The lowest BCUT2D eigenvalue weighted by molar-refractivity contribution is 0.588. The molecule has 1 atom stereocenters. The summed E-state index contributed by atoms with van der Waals surface area (Å²) in [6.07, 6.45) is 1.21. The predicted molar refractivity (Wildman–Crippen MR) is 65.0 cm³/mol. The molecule has 0 saturated carbocycles. The third kappa shape index (κ3) is 2.21. The Kier molecular flexibility index (Phi) is 3.33. The van der Waals surface area contributed by atoms with Crippen LogP contribution in [0.2, 0.25) is 0 Å². The van der Waals surface area contributed by atoms with Crippen LogP contribution >= 0.6 is 0 Å². The maximum atomic E-state index is 11.5. The number of aromatic nitrogens is 2. The number of nitrogens with zero attached hydrogens (tertiary/aromatic N) is 2. The number of rotatable bonds is 3. The average molecular weight is 245 g/mol. The van der Waals surface area contributed by atoms with E-state index in [0.29, 0.717) is 11.5 Å². The summed E-state index contributed by atoms with van der Waals surface area (Å²) in [6, 6.07) is 0. The van der Waals surface area contributed by atoms with Crippen molar-refractivity contribution in [1.29, 1.82) is 0 Å². The van der Waals surface area contributed by atoms with Crippen molar-refractivity contribution in [2.24, 2.45) is 7.05 Å². The molecule has 0 amide bonds. The molecule has 2 N–H and O–H groups in total. The lowest BCUT2D eigenvalue weighted by Crippen LogP contribution is -2.11. The van der Waals surface area contributed by atoms with Gasteiger partial charge in [-0.2, -0.15) is 5.10 Å². The molecule has 0 aliphatic carbocycles. The molecule has 1 heterocycles. The second-order valence-electron chi connectivity index (χ2n) is 4.43. The van der Waals surface area contributed by atoms with Gasteiger partial charge in [0.1, 0.15) is 11.1 Å². The van der Waals surface area contributed by atoms with Gasteiger partial charge in [0.2, 0.25) is 0 Å². The van der Waals surface area contributed by atoms with Crippen molar-refractivity contribution in [2.45, 2.75) is 31.9 Å². The molecule has 1 aromatic rings. The highest BCUT2D eigenvalue weighted by Crippen LogP contribution is 2.32. The fourth-order valence-corrected chi connectivity index (χ4v) is 2.25. The summed E-state index contributed by atoms with van der Waals surface area (Å²) in [5.74, 6) is 0.702. The van der Waals surface area contributed by atoms with Gasteiger partial charge in [-0.1, -0.05) is 13.8 Å². The molecule has 0 aliphatic heterocycles. The number of hydrogen-bond acceptors (Lipinski definition) is 4. The van der Waals surface area contributed by atoms with Gasteiger partial charge in [-0.3, -0.25) is 4.68 Å². The van der Waals surface area contributed by atoms with Crippen LogP contribution in [0.25, 0.3) is 0 Å². The number of aryl methyl sites for hydroxylation is 1. The number of nitrogens with two attached hydrogens (primary N) is 1. The van der Waals surface area contributed by atoms with Gasteiger partial charge in [0.25, 0.3) is 0 Å². The second kappa shape index (κ2) is 4.08. The molecule has 1 unspecified atom stereocenters. The van der Waals surface area contributed by atoms with E-state index in [1.165, 1.54) is 10.9 Å². The van der Waals surface area contributed by atoms with E-state index in [2.05, 4.69) is 5.10 Å². The highest BCUT2D eigenvalue weighted by Gasteiger charge is 2.27. The predicted octanol–water partition coefficient (Wildman–Crippen LogP) is 1.23. The van der Waals surface area contributed by atoms with E-state index >= 15 is 0 Å². The van der Waals surface area contributed by atoms with Crippen molar-refractivity contribution < 1.29 is 8.42 Å². The van der Waals surface area contributed by atoms with Crippen LogP contribution in [0, 0.1) is 0 Å². The minimum absolute atomic E-state index is 0.160. The summed E-state index contributed by atoms with van der Waals surface area (Å²) in [4.78, 5) is 0. The van der Waals surface area contributed by atoms with Crippen molar-refractivity contribution in [3.63, 3.8) is 0 Å². The third-order valence-electron chi connectivity index (χ3n) is 2.76. The first-order valence-corrected chi connectivity index (χ1v) is 7.12. The van der Waals surface area contributed by atoms with Gasteiger partial charge in [-0.15, -0.1) is 0 Å². The number of sulfone groups is 1. The van der Waals surface area contributed by atoms with Crippen molar-refractivity contribution in [1.82, 2.24) is 9.78 Å². The summed E-state index contributed by atoms with van der Waals surface area (Å²) in [7, 11) is -1.42. The maximum Gasteiger partial charge on any atom is 0.155 e. The Labute approximate surface area is 96.6 Å². The van der Waals surface area contributed by atoms with Gasteiger partial charge in [-0.05, 0) is 12.8 Å². The van der Waals surface area contributed by atoms with E-state index < -0.39 is 15.1 Å². The van der Waals surface area contributed by atoms with E-state index in [4.69, 9.17) is 5.73 Å². The van der Waals surface area contributed by atoms with E-state index in [-0.39, 0.29) is 5.92 Å². The maximum absolute atomic E-state index is 11.5. The Hall–Kier alpha value is -1.04. The Morgan fingerprint density at radius 3 is 2.19 bits per heavy atom. The fraction of sp³-hybridized carbons (Fsp3) is 0.700. The Morgan fingerprint density at radius 1 is 1.31 bits per heavy atom. The van der Waals surface area contributed by atoms with Gasteiger partial charge >= 0.3 is 0 Å². The molecule has 1 rings (SSSR count). The highest BCUT2D eigenvalue weighted by atomic mass is 32.2. The molecule has 5 nitrogen and oxygen atoms in total. The molecule has 0 aromatic carbocycles. The van der Waals surface area contributed by atoms with E-state index in [1.54, 1.807) is 14.0 Å². The molecular weight excluding hydrogens is 226 g/mol. The Bertz CT molecular complexity index is 488. The zero-order chi connectivity index (χ0) is 12.7. The quantitative estimate of drug-likeness (QED) is 0.868. The zero-order valence-corrected chi connectivity index (χ0v) is 11.2. The van der Waals surface area contributed by atoms with E-state index in [0.717, 1.165) is 5.56 Å². The van der Waals surface area contributed by atoms with Crippen molar-refractivity contribution >= 4 is 15.7 Å². The van der Waals surface area contributed by atoms with Crippen LogP contribution in [-0.4, -0.2) is 24.5 Å². The van der Waals surface area contributed by atoms with Gasteiger partial charge in [0.05, 0.1) is 5.69 Å². The van der Waals surface area contributed by atoms with Crippen LogP contribution in [-0.2, 0) is 16.9 Å². The number of nitrogen functional groups attached to an aromatic ring is 1. The van der Waals surface area contributed by atoms with Crippen molar-refractivity contribution in [3.8, 4) is 0 Å². The number of anilines is 1. The fourth-order valence-electron chi connectivity index (χ4n) is 1.67. The molecular formula is C10H19N3O2S. The molecule has 0 saturated heterocycles. The summed E-state index contributed by atoms with van der Waals surface area (Å²) < 4.78 is 24.6. The summed E-state index contributed by atoms with van der Waals surface area (Å²) in [6.45, 7) is 5.60. The van der Waals surface area contributed by atoms with Crippen LogP contribution in [0.15, 0.2) is 0 Å². The second-order valence-corrected chi connectivity index (χ2v) is 6.80. The van der Waals surface area contributed by atoms with Crippen LogP contribution < -0.4 is 5.73 Å². The largest absolute Gasteiger partial charge is 0.384 e. The SMILES string of the molecule is CC(C)c1c(C(C)S(C)(=O)=O)nn(C)c1N. The van der Waals surface area contributed by atoms with Crippen LogP contribution in [0.4, 0.5) is 5.82 Å². The standard InChI is InChI=1S/C10H19N3O2S/c1-6(2)8-9(7(3)16(5,14)15)12-13(4)10(8)11/h6-7H,11H2,1-5H3. The van der Waals surface area contributed by atoms with Crippen LogP contribution in [0.1, 0.15) is 43.2 Å². The van der Waals surface area contributed by atoms with E-state index in [9.17, 15) is 8.42 Å². The van der Waals surface area contributed by atoms with Crippen molar-refractivity contribution in [2.75, 3.05) is 12.0 Å². The molecule has 92 valence electrons. The normalized spacial score (nSPS) is 14.4. The van der Waals surface area contributed by atoms with Gasteiger partial charge in [0.15, 0.2) is 9.84 Å². The first-order chi connectivity index (χ1) is 7.16. The molecule has 0 radical (unpaired) electrons. The van der Waals surface area contributed by atoms with Gasteiger partial charge in [-0.25, -0.2) is 8.42 Å². The van der Waals surface area contributed by atoms with Crippen LogP contribution in [0.5, 0.6) is 0 Å². The molecule has 6 heteroatoms. The average Bonchev–Trinajstić information content (AvgIpc) is 2.40. The van der Waals surface area contributed by atoms with Gasteiger partial charge in [0, 0.05) is 18.9 Å². The lowest BCUT2D eigenvalue weighted by atomic mass is 10.0. The molecule has 0 bridgehead atoms. The summed E-state index contributed by atoms with van der Waals surface area (Å²) in [5.41, 5.74) is 7.29. The molecule has 16 heavy (non-hydrogen) atoms. The first kappa shape index (κ1) is 13.0. The minimum atomic E-state index is -3.15. The topological polar surface area (TPSA) is 78.0 Å². The smallest absolute Gasteiger partial charge is 0.155 e. The summed E-state index contributed by atoms with van der Waals surface area (Å²) in [5, 5.41) is 3.59. The Morgan fingerprint density at radius 2 is 1.81 bits per heavy atom. The number of hydrogen-bond donors (Lipinski definition) is 1. The molecule has 1 aromatic heterocycles. The monoisotopic (exact) mass is 245 g/mol. The van der Waals surface area contributed by atoms with Crippen molar-refractivity contribution in [3.05, 3.63) is 11.3 Å². The van der Waals surface area contributed by atoms with Crippen LogP contribution in [0.3, 0.4) is 0 Å².